The molecular formula is C17H20O3. The van der Waals surface area contributed by atoms with Crippen LogP contribution in [0.25, 0.3) is 0 Å². The third-order valence-electron chi connectivity index (χ3n) is 3.59. The molecule has 0 aliphatic carbocycles. The van der Waals surface area contributed by atoms with Gasteiger partial charge in [-0.1, -0.05) is 24.3 Å². The van der Waals surface area contributed by atoms with E-state index in [0.717, 1.165) is 22.4 Å². The van der Waals surface area contributed by atoms with Gasteiger partial charge < -0.3 is 14.6 Å². The first-order valence-corrected chi connectivity index (χ1v) is 6.51. The van der Waals surface area contributed by atoms with Crippen molar-refractivity contribution in [1.29, 1.82) is 0 Å². The average molecular weight is 272 g/mol. The lowest BCUT2D eigenvalue weighted by Gasteiger charge is -2.28. The molecule has 1 unspecified atom stereocenters. The van der Waals surface area contributed by atoms with Gasteiger partial charge in [0.05, 0.1) is 14.2 Å². The van der Waals surface area contributed by atoms with Gasteiger partial charge in [-0.05, 0) is 43.2 Å². The van der Waals surface area contributed by atoms with E-state index in [2.05, 4.69) is 0 Å². The molecule has 2 rings (SSSR count). The van der Waals surface area contributed by atoms with Crippen LogP contribution < -0.4 is 9.47 Å². The van der Waals surface area contributed by atoms with Crippen LogP contribution in [-0.2, 0) is 5.60 Å². The second-order valence-electron chi connectivity index (χ2n) is 4.95. The lowest BCUT2D eigenvalue weighted by Crippen LogP contribution is -2.24. The first kappa shape index (κ1) is 14.4. The highest BCUT2D eigenvalue weighted by Crippen LogP contribution is 2.37. The number of para-hydroxylation sites is 1. The Morgan fingerprint density at radius 3 is 2.25 bits per heavy atom. The van der Waals surface area contributed by atoms with E-state index in [1.54, 1.807) is 21.1 Å². The Labute approximate surface area is 119 Å². The van der Waals surface area contributed by atoms with E-state index in [-0.39, 0.29) is 0 Å². The van der Waals surface area contributed by atoms with E-state index < -0.39 is 5.60 Å². The van der Waals surface area contributed by atoms with E-state index in [0.29, 0.717) is 5.75 Å². The molecule has 0 bridgehead atoms. The third kappa shape index (κ3) is 2.49. The highest BCUT2D eigenvalue weighted by molar-refractivity contribution is 5.48. The fraction of sp³-hybridized carbons (Fsp3) is 0.294. The fourth-order valence-corrected chi connectivity index (χ4v) is 2.50. The number of hydrogen-bond donors (Lipinski definition) is 1. The maximum atomic E-state index is 11.0. The van der Waals surface area contributed by atoms with Crippen LogP contribution in [0.3, 0.4) is 0 Å². The number of aliphatic hydroxyl groups is 1. The monoisotopic (exact) mass is 272 g/mol. The molecule has 20 heavy (non-hydrogen) atoms. The van der Waals surface area contributed by atoms with Crippen molar-refractivity contribution in [2.24, 2.45) is 0 Å². The Bertz CT molecular complexity index is 603. The van der Waals surface area contributed by atoms with Crippen molar-refractivity contribution in [2.75, 3.05) is 14.2 Å². The smallest absolute Gasteiger partial charge is 0.125 e. The van der Waals surface area contributed by atoms with Crippen LogP contribution in [0.15, 0.2) is 42.5 Å². The van der Waals surface area contributed by atoms with Gasteiger partial charge in [0.2, 0.25) is 0 Å². The number of rotatable bonds is 4. The summed E-state index contributed by atoms with van der Waals surface area (Å²) in [5.41, 5.74) is 1.43. The molecule has 0 aliphatic rings. The quantitative estimate of drug-likeness (QED) is 0.928. The van der Waals surface area contributed by atoms with Crippen LogP contribution in [0, 0.1) is 6.92 Å². The van der Waals surface area contributed by atoms with Crippen LogP contribution in [0.2, 0.25) is 0 Å². The minimum Gasteiger partial charge on any atom is -0.497 e. The van der Waals surface area contributed by atoms with Crippen molar-refractivity contribution in [2.45, 2.75) is 19.4 Å². The van der Waals surface area contributed by atoms with Crippen LogP contribution in [-0.4, -0.2) is 19.3 Å². The SMILES string of the molecule is COc1ccc(C(C)(O)c2ccccc2OC)c(C)c1. The molecule has 0 saturated heterocycles. The van der Waals surface area contributed by atoms with Gasteiger partial charge >= 0.3 is 0 Å². The van der Waals surface area contributed by atoms with Crippen molar-refractivity contribution in [3.8, 4) is 11.5 Å². The summed E-state index contributed by atoms with van der Waals surface area (Å²) in [6.45, 7) is 3.74. The molecule has 3 nitrogen and oxygen atoms in total. The zero-order valence-corrected chi connectivity index (χ0v) is 12.3. The van der Waals surface area contributed by atoms with Gasteiger partial charge in [0, 0.05) is 5.56 Å². The molecule has 0 radical (unpaired) electrons. The molecule has 1 N–H and O–H groups in total. The van der Waals surface area contributed by atoms with E-state index in [9.17, 15) is 5.11 Å². The molecule has 2 aromatic carbocycles. The Balaban J connectivity index is 2.54. The second-order valence-corrected chi connectivity index (χ2v) is 4.95. The minimum atomic E-state index is -1.12. The lowest BCUT2D eigenvalue weighted by atomic mass is 9.85. The van der Waals surface area contributed by atoms with E-state index >= 15 is 0 Å². The first-order chi connectivity index (χ1) is 9.50. The summed E-state index contributed by atoms with van der Waals surface area (Å²) in [4.78, 5) is 0. The van der Waals surface area contributed by atoms with Crippen LogP contribution in [0.5, 0.6) is 11.5 Å². The Kier molecular flexibility index (Phi) is 4.00. The predicted octanol–water partition coefficient (Wildman–Crippen LogP) is 3.27. The number of hydrogen-bond acceptors (Lipinski definition) is 3. The number of ether oxygens (including phenoxy) is 2. The normalized spacial score (nSPS) is 13.7. The van der Waals surface area contributed by atoms with Gasteiger partial charge in [0.25, 0.3) is 0 Å². The molecule has 0 amide bonds. The molecular weight excluding hydrogens is 252 g/mol. The predicted molar refractivity (Wildman–Crippen MR) is 79.4 cm³/mol. The molecule has 0 heterocycles. The first-order valence-electron chi connectivity index (χ1n) is 6.51. The molecule has 0 aromatic heterocycles. The van der Waals surface area contributed by atoms with Crippen molar-refractivity contribution in [3.05, 3.63) is 59.2 Å². The van der Waals surface area contributed by atoms with Crippen molar-refractivity contribution < 1.29 is 14.6 Å². The van der Waals surface area contributed by atoms with Crippen LogP contribution in [0.4, 0.5) is 0 Å². The fourth-order valence-electron chi connectivity index (χ4n) is 2.50. The second kappa shape index (κ2) is 5.55. The van der Waals surface area contributed by atoms with Gasteiger partial charge in [-0.15, -0.1) is 0 Å². The van der Waals surface area contributed by atoms with Crippen molar-refractivity contribution >= 4 is 0 Å². The van der Waals surface area contributed by atoms with Gasteiger partial charge in [0.15, 0.2) is 0 Å². The Hall–Kier alpha value is -2.00. The molecule has 3 heteroatoms. The van der Waals surface area contributed by atoms with E-state index in [1.807, 2.05) is 49.4 Å². The molecule has 0 aliphatic heterocycles. The zero-order chi connectivity index (χ0) is 14.8. The summed E-state index contributed by atoms with van der Waals surface area (Å²) in [7, 11) is 3.24. The topological polar surface area (TPSA) is 38.7 Å². The van der Waals surface area contributed by atoms with Crippen molar-refractivity contribution in [1.82, 2.24) is 0 Å². The average Bonchev–Trinajstić information content (AvgIpc) is 2.46. The highest BCUT2D eigenvalue weighted by Gasteiger charge is 2.30. The maximum absolute atomic E-state index is 11.0. The number of benzene rings is 2. The summed E-state index contributed by atoms with van der Waals surface area (Å²) < 4.78 is 10.6. The largest absolute Gasteiger partial charge is 0.497 e. The molecule has 0 fully saturated rings. The summed E-state index contributed by atoms with van der Waals surface area (Å²) in [6, 6.07) is 13.2. The van der Waals surface area contributed by atoms with Gasteiger partial charge in [-0.3, -0.25) is 0 Å². The molecule has 0 saturated carbocycles. The standard InChI is InChI=1S/C17H20O3/c1-12-11-13(19-3)9-10-14(12)17(2,18)15-7-5-6-8-16(15)20-4/h5-11,18H,1-4H3. The lowest BCUT2D eigenvalue weighted by molar-refractivity contribution is 0.0982. The van der Waals surface area contributed by atoms with Gasteiger partial charge in [-0.25, -0.2) is 0 Å². The number of aryl methyl sites for hydroxylation is 1. The molecule has 1 atom stereocenters. The summed E-state index contributed by atoms with van der Waals surface area (Å²) >= 11 is 0. The summed E-state index contributed by atoms with van der Waals surface area (Å²) in [5.74, 6) is 1.45. The van der Waals surface area contributed by atoms with E-state index in [1.165, 1.54) is 0 Å². The zero-order valence-electron chi connectivity index (χ0n) is 12.3. The van der Waals surface area contributed by atoms with Gasteiger partial charge in [0.1, 0.15) is 17.1 Å². The Morgan fingerprint density at radius 2 is 1.65 bits per heavy atom. The minimum absolute atomic E-state index is 0.674. The van der Waals surface area contributed by atoms with Crippen molar-refractivity contribution in [3.63, 3.8) is 0 Å². The molecule has 106 valence electrons. The molecule has 2 aromatic rings. The Morgan fingerprint density at radius 1 is 0.950 bits per heavy atom. The maximum Gasteiger partial charge on any atom is 0.125 e. The summed E-state index contributed by atoms with van der Waals surface area (Å²) in [6.07, 6.45) is 0. The number of methoxy groups -OCH3 is 2. The summed E-state index contributed by atoms with van der Waals surface area (Å²) in [5, 5.41) is 11.0. The highest BCUT2D eigenvalue weighted by atomic mass is 16.5. The van der Waals surface area contributed by atoms with Gasteiger partial charge in [-0.2, -0.15) is 0 Å². The molecule has 0 spiro atoms. The van der Waals surface area contributed by atoms with Crippen LogP contribution >= 0.6 is 0 Å². The van der Waals surface area contributed by atoms with E-state index in [4.69, 9.17) is 9.47 Å². The third-order valence-corrected chi connectivity index (χ3v) is 3.59. The van der Waals surface area contributed by atoms with Crippen LogP contribution in [0.1, 0.15) is 23.6 Å².